The number of rotatable bonds is 7. The van der Waals surface area contributed by atoms with E-state index in [1.165, 1.54) is 37.7 Å². The van der Waals surface area contributed by atoms with E-state index in [1.807, 2.05) is 34.6 Å². The molecule has 0 radical (unpaired) electrons. The maximum atomic E-state index is 13.7. The molecule has 0 bridgehead atoms. The lowest BCUT2D eigenvalue weighted by Crippen LogP contribution is -2.62. The van der Waals surface area contributed by atoms with E-state index in [4.69, 9.17) is 9.53 Å². The minimum Gasteiger partial charge on any atom is -0.462 e. The van der Waals surface area contributed by atoms with E-state index in [-0.39, 0.29) is 70.0 Å². The average Bonchev–Trinajstić information content (AvgIpc) is 3.48. The Labute approximate surface area is 340 Å². The Kier molecular flexibility index (Phi) is 16.8. The lowest BCUT2D eigenvalue weighted by Gasteiger charge is -2.68. The molecule has 5 saturated carbocycles. The van der Waals surface area contributed by atoms with E-state index in [2.05, 4.69) is 71.9 Å². The molecule has 13 unspecified atom stereocenters. The van der Waals surface area contributed by atoms with E-state index in [0.29, 0.717) is 48.2 Å². The van der Waals surface area contributed by atoms with Gasteiger partial charge in [-0.15, -0.1) is 0 Å². The van der Waals surface area contributed by atoms with Gasteiger partial charge in [-0.25, -0.2) is 0 Å². The summed E-state index contributed by atoms with van der Waals surface area (Å²) < 4.78 is 6.26. The third-order valence-corrected chi connectivity index (χ3v) is 16.5. The van der Waals surface area contributed by atoms with Gasteiger partial charge in [0.25, 0.3) is 0 Å². The summed E-state index contributed by atoms with van der Waals surface area (Å²) in [7, 11) is 2.08. The molecule has 1 heterocycles. The maximum Gasteiger partial charge on any atom is 0.309 e. The average molecular weight is 784 g/mol. The number of hydrogen-bond acceptors (Lipinski definition) is 8. The fourth-order valence-corrected chi connectivity index (χ4v) is 13.1. The van der Waals surface area contributed by atoms with E-state index in [0.717, 1.165) is 44.8 Å². The molecule has 0 aromatic heterocycles. The summed E-state index contributed by atoms with van der Waals surface area (Å²) in [5, 5.41) is 6.59. The predicted molar refractivity (Wildman–Crippen MR) is 225 cm³/mol. The molecule has 1 amide bonds. The molecule has 0 spiro atoms. The van der Waals surface area contributed by atoms with Crippen molar-refractivity contribution in [3.63, 3.8) is 0 Å². The maximum absolute atomic E-state index is 13.7. The van der Waals surface area contributed by atoms with Crippen molar-refractivity contribution in [3.8, 4) is 0 Å². The van der Waals surface area contributed by atoms with Crippen molar-refractivity contribution < 1.29 is 28.7 Å². The van der Waals surface area contributed by atoms with Crippen molar-refractivity contribution >= 4 is 30.7 Å². The second kappa shape index (κ2) is 19.6. The van der Waals surface area contributed by atoms with Crippen LogP contribution in [0.15, 0.2) is 11.1 Å². The smallest absolute Gasteiger partial charge is 0.309 e. The highest BCUT2D eigenvalue weighted by molar-refractivity contribution is 6.01. The second-order valence-electron chi connectivity index (χ2n) is 19.1. The number of Topliss-reactive ketones (excluding diaryl/α,β-unsaturated/α-hetero) is 1. The molecule has 6 fully saturated rings. The molecule has 320 valence electrons. The highest BCUT2D eigenvalue weighted by Crippen LogP contribution is 2.72. The van der Waals surface area contributed by atoms with Crippen LogP contribution in [0.5, 0.6) is 0 Å². The van der Waals surface area contributed by atoms with Crippen LogP contribution in [0.4, 0.5) is 0 Å². The lowest BCUT2D eigenvalue weighted by molar-refractivity contribution is -0.196. The Hall–Kier alpha value is -2.39. The number of amides is 1. The number of ketones is 1. The monoisotopic (exact) mass is 784 g/mol. The van der Waals surface area contributed by atoms with Crippen molar-refractivity contribution in [2.75, 3.05) is 13.6 Å². The first-order valence-corrected chi connectivity index (χ1v) is 22.5. The van der Waals surface area contributed by atoms with Gasteiger partial charge in [0.2, 0.25) is 6.41 Å². The molecule has 13 atom stereocenters. The van der Waals surface area contributed by atoms with E-state index >= 15 is 0 Å². The van der Waals surface area contributed by atoms with Crippen LogP contribution in [0.25, 0.3) is 0 Å². The topological polar surface area (TPSA) is 145 Å². The number of fused-ring (bicyclic) bond motifs is 7. The Balaban J connectivity index is 0.000000564. The van der Waals surface area contributed by atoms with Gasteiger partial charge in [0.1, 0.15) is 18.7 Å². The van der Waals surface area contributed by atoms with Crippen molar-refractivity contribution in [1.82, 2.24) is 10.6 Å². The van der Waals surface area contributed by atoms with Crippen LogP contribution in [0.1, 0.15) is 154 Å². The third kappa shape index (κ3) is 8.38. The van der Waals surface area contributed by atoms with Gasteiger partial charge in [-0.05, 0) is 149 Å². The highest BCUT2D eigenvalue weighted by Gasteiger charge is 2.66. The summed E-state index contributed by atoms with van der Waals surface area (Å²) in [6, 6.07) is 0.185. The fourth-order valence-electron chi connectivity index (χ4n) is 13.1. The molecule has 6 aliphatic carbocycles. The number of carbonyl (C=O) groups excluding carboxylic acids is 5. The number of ether oxygens (including phenoxy) is 1. The molecule has 56 heavy (non-hydrogen) atoms. The summed E-state index contributed by atoms with van der Waals surface area (Å²) in [5.74, 6) is 3.38. The number of hydrogen-bond donors (Lipinski definition) is 3. The van der Waals surface area contributed by atoms with E-state index in [9.17, 15) is 19.2 Å². The summed E-state index contributed by atoms with van der Waals surface area (Å²) >= 11 is 0. The van der Waals surface area contributed by atoms with Crippen LogP contribution in [-0.4, -0.2) is 62.0 Å². The molecule has 9 heteroatoms. The lowest BCUT2D eigenvalue weighted by atomic mass is 9.37. The van der Waals surface area contributed by atoms with E-state index < -0.39 is 0 Å². The molecule has 1 aliphatic heterocycles. The van der Waals surface area contributed by atoms with Crippen LogP contribution in [0.3, 0.4) is 0 Å². The first-order chi connectivity index (χ1) is 26.5. The molecule has 4 N–H and O–H groups in total. The summed E-state index contributed by atoms with van der Waals surface area (Å²) in [6.45, 7) is 27.8. The highest BCUT2D eigenvalue weighted by atomic mass is 16.5. The molecule has 0 aromatic rings. The Morgan fingerprint density at radius 1 is 0.893 bits per heavy atom. The van der Waals surface area contributed by atoms with Crippen LogP contribution < -0.4 is 16.4 Å². The van der Waals surface area contributed by atoms with Crippen LogP contribution in [-0.2, 0) is 28.7 Å². The van der Waals surface area contributed by atoms with Crippen molar-refractivity contribution in [1.29, 1.82) is 0 Å². The zero-order valence-electron chi connectivity index (χ0n) is 37.6. The summed E-state index contributed by atoms with van der Waals surface area (Å²) in [4.78, 5) is 56.4. The summed E-state index contributed by atoms with van der Waals surface area (Å²) in [5.41, 5.74) is 7.25. The van der Waals surface area contributed by atoms with Crippen LogP contribution in [0, 0.1) is 69.5 Å². The van der Waals surface area contributed by atoms with E-state index in [1.54, 1.807) is 5.57 Å². The van der Waals surface area contributed by atoms with Gasteiger partial charge in [0, 0.05) is 23.3 Å². The Morgan fingerprint density at radius 2 is 1.46 bits per heavy atom. The molecular formula is C47H81N3O6. The van der Waals surface area contributed by atoms with Gasteiger partial charge in [0.15, 0.2) is 5.78 Å². The minimum absolute atomic E-state index is 0.00363. The fraction of sp³-hybridized carbons (Fsp3) is 0.851. The zero-order chi connectivity index (χ0) is 42.4. The Morgan fingerprint density at radius 3 is 1.95 bits per heavy atom. The van der Waals surface area contributed by atoms with Crippen molar-refractivity contribution in [2.24, 2.45) is 75.2 Å². The number of allylic oxidation sites excluding steroid dienone is 1. The predicted octanol–water partition coefficient (Wildman–Crippen LogP) is 8.27. The van der Waals surface area contributed by atoms with Gasteiger partial charge in [-0.2, -0.15) is 0 Å². The Bertz CT molecular complexity index is 1410. The number of nitrogens with one attached hydrogen (secondary N) is 2. The first-order valence-electron chi connectivity index (χ1n) is 22.5. The third-order valence-electron chi connectivity index (χ3n) is 16.5. The molecule has 0 aromatic carbocycles. The normalized spacial score (nSPS) is 40.4. The standard InChI is InChI=1S/C38H59NO4.C4H7NO.2C2H6.CH3NO/c1-21(2)32-29(41)19-38(35(5,6)39-9)17-13-28-25(33(32)38)10-11-31-36(7)16-14-30(23(4)27(36)12-15-37(28,31)8)43-34(42)26-18-24(20-40)22(26)3;6-3-4-1-2-5-4;2*1-2;2-1-3/h20-28,30-31,39H,10-19H2,1-9H3;3-5H,1-2H2;2*1-2H3;1H,(H2,2,3). The SMILES string of the molecule is CC.CC.CNC(C)(C)C12CCC3C(CCC4C3(C)CCC3C(C)C(OC(=O)C5CC(C=O)C5C)CCC34C)C1=C(C(C)C)C(=O)C2.NC=O.O=CC1CCN1. The van der Waals surface area contributed by atoms with Gasteiger partial charge in [-0.3, -0.25) is 14.4 Å². The second-order valence-corrected chi connectivity index (χ2v) is 19.1. The number of esters is 1. The van der Waals surface area contributed by atoms with Gasteiger partial charge >= 0.3 is 5.97 Å². The largest absolute Gasteiger partial charge is 0.462 e. The number of nitrogens with two attached hydrogens (primary N) is 1. The van der Waals surface area contributed by atoms with Crippen molar-refractivity contribution in [2.45, 2.75) is 171 Å². The zero-order valence-corrected chi connectivity index (χ0v) is 37.6. The first kappa shape index (κ1) is 48.0. The molecule has 7 rings (SSSR count). The van der Waals surface area contributed by atoms with Gasteiger partial charge in [-0.1, -0.05) is 74.8 Å². The quantitative estimate of drug-likeness (QED) is 0.173. The molecular weight excluding hydrogens is 703 g/mol. The number of primary amides is 1. The van der Waals surface area contributed by atoms with Gasteiger partial charge in [0.05, 0.1) is 12.0 Å². The number of aldehydes is 2. The van der Waals surface area contributed by atoms with Crippen molar-refractivity contribution in [3.05, 3.63) is 11.1 Å². The van der Waals surface area contributed by atoms with Gasteiger partial charge < -0.3 is 30.7 Å². The van der Waals surface area contributed by atoms with Crippen LogP contribution >= 0.6 is 0 Å². The number of carbonyl (C=O) groups is 5. The minimum atomic E-state index is -0.113. The van der Waals surface area contributed by atoms with Crippen LogP contribution in [0.2, 0.25) is 0 Å². The summed E-state index contributed by atoms with van der Waals surface area (Å²) in [6.07, 6.45) is 13.9. The molecule has 9 nitrogen and oxygen atoms in total. The molecule has 1 saturated heterocycles. The molecule has 7 aliphatic rings.